The molecule has 1 heterocycles. The van der Waals surface area contributed by atoms with Crippen LogP contribution in [-0.2, 0) is 16.0 Å². The van der Waals surface area contributed by atoms with E-state index >= 15 is 0 Å². The zero-order valence-corrected chi connectivity index (χ0v) is 11.4. The number of rotatable bonds is 5. The highest BCUT2D eigenvalue weighted by molar-refractivity contribution is 5.73. The van der Waals surface area contributed by atoms with Crippen molar-refractivity contribution in [3.8, 4) is 6.07 Å². The number of nitrogens with zero attached hydrogens (tertiary/aromatic N) is 1. The first kappa shape index (κ1) is 14.5. The smallest absolute Gasteiger partial charge is 0.311 e. The molecule has 2 atom stereocenters. The molecule has 1 aliphatic heterocycles. The van der Waals surface area contributed by atoms with E-state index in [1.165, 1.54) is 5.56 Å². The van der Waals surface area contributed by atoms with E-state index in [1.807, 2.05) is 24.3 Å². The Hall–Kier alpha value is -1.86. The van der Waals surface area contributed by atoms with Crippen LogP contribution in [0.15, 0.2) is 24.3 Å². The van der Waals surface area contributed by atoms with Crippen molar-refractivity contribution in [2.75, 3.05) is 6.61 Å². The lowest BCUT2D eigenvalue weighted by Gasteiger charge is -2.26. The Balaban J connectivity index is 1.73. The minimum Gasteiger partial charge on any atom is -0.465 e. The maximum Gasteiger partial charge on any atom is 0.311 e. The van der Waals surface area contributed by atoms with Gasteiger partial charge in [-0.1, -0.05) is 18.6 Å². The van der Waals surface area contributed by atoms with Gasteiger partial charge in [-0.25, -0.2) is 0 Å². The fourth-order valence-corrected chi connectivity index (χ4v) is 2.50. The number of unbranched alkanes of at least 4 members (excludes halogenated alkanes) is 1. The van der Waals surface area contributed by atoms with Crippen LogP contribution in [0.1, 0.15) is 36.8 Å². The second kappa shape index (κ2) is 7.06. The number of ether oxygens (including phenoxy) is 1. The summed E-state index contributed by atoms with van der Waals surface area (Å²) < 4.78 is 4.97. The number of benzene rings is 1. The van der Waals surface area contributed by atoms with Crippen molar-refractivity contribution >= 4 is 5.97 Å². The molecule has 4 heteroatoms. The third-order valence-electron chi connectivity index (χ3n) is 3.74. The summed E-state index contributed by atoms with van der Waals surface area (Å²) in [7, 11) is 0. The molecule has 0 bridgehead atoms. The van der Waals surface area contributed by atoms with E-state index < -0.39 is 6.10 Å². The predicted octanol–water partition coefficient (Wildman–Crippen LogP) is 2.20. The Labute approximate surface area is 119 Å². The Kier molecular flexibility index (Phi) is 5.14. The number of hydrogen-bond donors (Lipinski definition) is 1. The summed E-state index contributed by atoms with van der Waals surface area (Å²) in [5, 5.41) is 18.5. The monoisotopic (exact) mass is 273 g/mol. The Morgan fingerprint density at radius 3 is 2.70 bits per heavy atom. The highest BCUT2D eigenvalue weighted by Gasteiger charge is 2.31. The number of cyclic esters (lactones) is 1. The molecule has 1 N–H and O–H groups in total. The zero-order chi connectivity index (χ0) is 14.4. The van der Waals surface area contributed by atoms with E-state index in [1.54, 1.807) is 0 Å². The first-order valence-corrected chi connectivity index (χ1v) is 7.04. The van der Waals surface area contributed by atoms with Crippen molar-refractivity contribution in [2.24, 2.45) is 5.92 Å². The molecule has 20 heavy (non-hydrogen) atoms. The number of hydrogen-bond acceptors (Lipinski definition) is 4. The van der Waals surface area contributed by atoms with Gasteiger partial charge in [0.2, 0.25) is 0 Å². The van der Waals surface area contributed by atoms with Gasteiger partial charge in [0.15, 0.2) is 0 Å². The van der Waals surface area contributed by atoms with E-state index in [-0.39, 0.29) is 11.9 Å². The molecule has 0 spiro atoms. The maximum atomic E-state index is 11.5. The summed E-state index contributed by atoms with van der Waals surface area (Å²) in [6, 6.07) is 9.65. The first-order valence-electron chi connectivity index (χ1n) is 7.04. The Morgan fingerprint density at radius 2 is 2.05 bits per heavy atom. The third-order valence-corrected chi connectivity index (χ3v) is 3.74. The van der Waals surface area contributed by atoms with Gasteiger partial charge in [-0.15, -0.1) is 0 Å². The minimum atomic E-state index is -0.550. The topological polar surface area (TPSA) is 70.3 Å². The fourth-order valence-electron chi connectivity index (χ4n) is 2.50. The average molecular weight is 273 g/mol. The second-order valence-corrected chi connectivity index (χ2v) is 5.18. The molecule has 1 fully saturated rings. The normalized spacial score (nSPS) is 22.1. The molecule has 1 aromatic carbocycles. The molecular weight excluding hydrogens is 254 g/mol. The lowest BCUT2D eigenvalue weighted by molar-refractivity contribution is -0.161. The van der Waals surface area contributed by atoms with Crippen molar-refractivity contribution in [3.63, 3.8) is 0 Å². The number of aryl methyl sites for hydroxylation is 1. The molecule has 106 valence electrons. The van der Waals surface area contributed by atoms with Gasteiger partial charge < -0.3 is 9.84 Å². The quantitative estimate of drug-likeness (QED) is 0.659. The fraction of sp³-hybridized carbons (Fsp3) is 0.500. The van der Waals surface area contributed by atoms with Crippen LogP contribution in [0.2, 0.25) is 0 Å². The summed E-state index contributed by atoms with van der Waals surface area (Å²) >= 11 is 0. The lowest BCUT2D eigenvalue weighted by atomic mass is 9.91. The molecule has 1 aliphatic rings. The van der Waals surface area contributed by atoms with Crippen LogP contribution in [0.4, 0.5) is 0 Å². The van der Waals surface area contributed by atoms with Crippen molar-refractivity contribution in [1.29, 1.82) is 5.26 Å². The molecule has 2 rings (SSSR count). The predicted molar refractivity (Wildman–Crippen MR) is 73.8 cm³/mol. The summed E-state index contributed by atoms with van der Waals surface area (Å²) in [5.74, 6) is -0.619. The summed E-state index contributed by atoms with van der Waals surface area (Å²) in [6.45, 7) is 0.335. The van der Waals surface area contributed by atoms with Crippen LogP contribution in [0.25, 0.3) is 0 Å². The minimum absolute atomic E-state index is 0.262. The number of esters is 1. The third kappa shape index (κ3) is 3.82. The summed E-state index contributed by atoms with van der Waals surface area (Å²) in [5.41, 5.74) is 1.86. The summed E-state index contributed by atoms with van der Waals surface area (Å²) in [6.07, 6.45) is 3.44. The lowest BCUT2D eigenvalue weighted by Crippen LogP contribution is -2.36. The zero-order valence-electron chi connectivity index (χ0n) is 11.4. The van der Waals surface area contributed by atoms with Crippen molar-refractivity contribution in [3.05, 3.63) is 35.4 Å². The number of carbonyl (C=O) groups is 1. The number of nitriles is 1. The maximum absolute atomic E-state index is 11.5. The first-order chi connectivity index (χ1) is 9.70. The van der Waals surface area contributed by atoms with Crippen LogP contribution in [0.3, 0.4) is 0 Å². The van der Waals surface area contributed by atoms with Crippen LogP contribution in [0.5, 0.6) is 0 Å². The van der Waals surface area contributed by atoms with Crippen molar-refractivity contribution < 1.29 is 14.6 Å². The van der Waals surface area contributed by atoms with Gasteiger partial charge in [-0.05, 0) is 37.0 Å². The molecule has 0 amide bonds. The largest absolute Gasteiger partial charge is 0.465 e. The molecular formula is C16H19NO3. The van der Waals surface area contributed by atoms with Gasteiger partial charge in [0.1, 0.15) is 0 Å². The molecule has 0 aromatic heterocycles. The van der Waals surface area contributed by atoms with Gasteiger partial charge >= 0.3 is 5.97 Å². The van der Waals surface area contributed by atoms with Gasteiger partial charge in [0.05, 0.1) is 30.3 Å². The highest BCUT2D eigenvalue weighted by Crippen LogP contribution is 2.22. The number of aliphatic hydroxyl groups excluding tert-OH is 1. The van der Waals surface area contributed by atoms with Gasteiger partial charge in [0.25, 0.3) is 0 Å². The van der Waals surface area contributed by atoms with Crippen LogP contribution in [0, 0.1) is 17.2 Å². The van der Waals surface area contributed by atoms with Gasteiger partial charge in [-0.2, -0.15) is 5.26 Å². The Bertz CT molecular complexity index is 489. The molecule has 1 aromatic rings. The molecule has 4 nitrogen and oxygen atoms in total. The SMILES string of the molecule is N#Cc1ccc(CCCCC2C(=O)OCCC2O)cc1. The van der Waals surface area contributed by atoms with Crippen LogP contribution < -0.4 is 0 Å². The second-order valence-electron chi connectivity index (χ2n) is 5.18. The molecule has 0 radical (unpaired) electrons. The highest BCUT2D eigenvalue weighted by atomic mass is 16.5. The molecule has 2 unspecified atom stereocenters. The van der Waals surface area contributed by atoms with E-state index in [4.69, 9.17) is 10.00 Å². The Morgan fingerprint density at radius 1 is 1.30 bits per heavy atom. The van der Waals surface area contributed by atoms with E-state index in [2.05, 4.69) is 6.07 Å². The molecule has 0 saturated carbocycles. The number of aliphatic hydroxyl groups is 1. The van der Waals surface area contributed by atoms with Crippen molar-refractivity contribution in [1.82, 2.24) is 0 Å². The van der Waals surface area contributed by atoms with Crippen LogP contribution >= 0.6 is 0 Å². The van der Waals surface area contributed by atoms with Crippen molar-refractivity contribution in [2.45, 2.75) is 38.2 Å². The van der Waals surface area contributed by atoms with E-state index in [9.17, 15) is 9.90 Å². The van der Waals surface area contributed by atoms with Crippen LogP contribution in [-0.4, -0.2) is 23.8 Å². The molecule has 0 aliphatic carbocycles. The summed E-state index contributed by atoms with van der Waals surface area (Å²) in [4.78, 5) is 11.5. The van der Waals surface area contributed by atoms with Gasteiger partial charge in [0, 0.05) is 6.42 Å². The van der Waals surface area contributed by atoms with E-state index in [0.29, 0.717) is 25.0 Å². The van der Waals surface area contributed by atoms with Gasteiger partial charge in [-0.3, -0.25) is 4.79 Å². The average Bonchev–Trinajstić information content (AvgIpc) is 2.46. The number of carbonyl (C=O) groups excluding carboxylic acids is 1. The molecule has 1 saturated heterocycles. The van der Waals surface area contributed by atoms with E-state index in [0.717, 1.165) is 19.3 Å². The standard InChI is InChI=1S/C16H19NO3/c17-11-13-7-5-12(6-8-13)3-1-2-4-14-15(18)9-10-20-16(14)19/h5-8,14-15,18H,1-4,9-10H2.